The van der Waals surface area contributed by atoms with E-state index in [2.05, 4.69) is 175 Å². The SMILES string of the molecule is CC1CC=CC=C1N(c1ccc(-c2ccc(N(c3ccccc3)c3ccccc3)cc2)cc1)C1C=CC=CC1C. The summed E-state index contributed by atoms with van der Waals surface area (Å²) in [6, 6.07) is 39.4. The third kappa shape index (κ3) is 5.31. The van der Waals surface area contributed by atoms with Gasteiger partial charge in [-0.25, -0.2) is 0 Å². The second kappa shape index (κ2) is 11.7. The summed E-state index contributed by atoms with van der Waals surface area (Å²) in [7, 11) is 0. The zero-order chi connectivity index (χ0) is 27.3. The Hall–Kier alpha value is -4.56. The van der Waals surface area contributed by atoms with Crippen LogP contribution in [0.3, 0.4) is 0 Å². The minimum atomic E-state index is 0.303. The van der Waals surface area contributed by atoms with Crippen LogP contribution in [-0.2, 0) is 0 Å². The highest BCUT2D eigenvalue weighted by Gasteiger charge is 2.28. The van der Waals surface area contributed by atoms with E-state index in [1.807, 2.05) is 0 Å². The van der Waals surface area contributed by atoms with E-state index in [-0.39, 0.29) is 0 Å². The van der Waals surface area contributed by atoms with Crippen molar-refractivity contribution >= 4 is 22.7 Å². The topological polar surface area (TPSA) is 6.48 Å². The van der Waals surface area contributed by atoms with Crippen molar-refractivity contribution in [1.82, 2.24) is 0 Å². The molecule has 0 fully saturated rings. The summed E-state index contributed by atoms with van der Waals surface area (Å²) >= 11 is 0. The van der Waals surface area contributed by atoms with E-state index in [0.29, 0.717) is 17.9 Å². The van der Waals surface area contributed by atoms with Crippen molar-refractivity contribution in [2.45, 2.75) is 26.3 Å². The Bertz CT molecular complexity index is 1490. The molecule has 2 aliphatic carbocycles. The molecule has 0 aliphatic heterocycles. The Morgan fingerprint density at radius 2 is 1.07 bits per heavy atom. The largest absolute Gasteiger partial charge is 0.337 e. The number of allylic oxidation sites excluding steroid dienone is 6. The van der Waals surface area contributed by atoms with Crippen molar-refractivity contribution < 1.29 is 0 Å². The van der Waals surface area contributed by atoms with Gasteiger partial charge in [-0.1, -0.05) is 111 Å². The number of rotatable bonds is 7. The van der Waals surface area contributed by atoms with Crippen LogP contribution < -0.4 is 9.80 Å². The summed E-state index contributed by atoms with van der Waals surface area (Å²) in [5.41, 5.74) is 8.49. The van der Waals surface area contributed by atoms with Gasteiger partial charge in [0.2, 0.25) is 0 Å². The number of anilines is 4. The predicted molar refractivity (Wildman–Crippen MR) is 171 cm³/mol. The molecule has 0 aromatic heterocycles. The molecule has 4 aromatic rings. The lowest BCUT2D eigenvalue weighted by Gasteiger charge is -2.40. The molecule has 0 saturated heterocycles. The number of para-hydroxylation sites is 2. The first-order valence-electron chi connectivity index (χ1n) is 14.3. The summed E-state index contributed by atoms with van der Waals surface area (Å²) in [4.78, 5) is 4.84. The molecule has 0 N–H and O–H groups in total. The van der Waals surface area contributed by atoms with Gasteiger partial charge in [-0.15, -0.1) is 0 Å². The van der Waals surface area contributed by atoms with Gasteiger partial charge in [0.15, 0.2) is 0 Å². The molecular weight excluding hydrogens is 484 g/mol. The molecule has 0 saturated carbocycles. The molecule has 198 valence electrons. The Morgan fingerprint density at radius 1 is 0.550 bits per heavy atom. The standard InChI is InChI=1S/C38H36N2/c1-29-13-9-11-19-37(29)40(38-20-12-10-14-30(38)2)36-27-23-32(24-28-36)31-21-25-35(26-22-31)39(33-15-5-3-6-16-33)34-17-7-4-8-18-34/h3-13,15-30,37H,14H2,1-2H3. The fourth-order valence-corrected chi connectivity index (χ4v) is 5.79. The Labute approximate surface area is 238 Å². The van der Waals surface area contributed by atoms with E-state index in [0.717, 1.165) is 23.5 Å². The average Bonchev–Trinajstić information content (AvgIpc) is 3.01. The normalized spacial score (nSPS) is 19.8. The van der Waals surface area contributed by atoms with Gasteiger partial charge in [-0.2, -0.15) is 0 Å². The molecule has 40 heavy (non-hydrogen) atoms. The van der Waals surface area contributed by atoms with Crippen LogP contribution in [0.15, 0.2) is 157 Å². The fourth-order valence-electron chi connectivity index (χ4n) is 5.79. The quantitative estimate of drug-likeness (QED) is 0.239. The molecule has 3 unspecified atom stereocenters. The van der Waals surface area contributed by atoms with Crippen LogP contribution in [-0.4, -0.2) is 6.04 Å². The molecule has 2 aliphatic rings. The van der Waals surface area contributed by atoms with Crippen molar-refractivity contribution in [3.05, 3.63) is 157 Å². The zero-order valence-corrected chi connectivity index (χ0v) is 23.3. The first-order chi connectivity index (χ1) is 19.7. The fraction of sp³-hybridized carbons (Fsp3) is 0.158. The van der Waals surface area contributed by atoms with Gasteiger partial charge in [0.05, 0.1) is 6.04 Å². The lowest BCUT2D eigenvalue weighted by molar-refractivity contribution is 0.549. The van der Waals surface area contributed by atoms with E-state index in [9.17, 15) is 0 Å². The molecule has 0 amide bonds. The van der Waals surface area contributed by atoms with Crippen molar-refractivity contribution in [1.29, 1.82) is 0 Å². The molecule has 0 spiro atoms. The van der Waals surface area contributed by atoms with Crippen molar-refractivity contribution in [2.24, 2.45) is 11.8 Å². The smallest absolute Gasteiger partial charge is 0.0582 e. The maximum atomic E-state index is 2.54. The first kappa shape index (κ1) is 25.7. The Kier molecular flexibility index (Phi) is 7.50. The number of hydrogen-bond donors (Lipinski definition) is 0. The monoisotopic (exact) mass is 520 g/mol. The molecule has 0 bridgehead atoms. The lowest BCUT2D eigenvalue weighted by atomic mass is 9.90. The molecule has 2 heteroatoms. The minimum Gasteiger partial charge on any atom is -0.337 e. The summed E-state index contributed by atoms with van der Waals surface area (Å²) in [6.45, 7) is 4.64. The maximum absolute atomic E-state index is 2.54. The van der Waals surface area contributed by atoms with E-state index >= 15 is 0 Å². The molecule has 4 aromatic carbocycles. The third-order valence-corrected chi connectivity index (χ3v) is 7.98. The van der Waals surface area contributed by atoms with E-state index < -0.39 is 0 Å². The van der Waals surface area contributed by atoms with Crippen LogP contribution in [0.4, 0.5) is 22.7 Å². The van der Waals surface area contributed by atoms with E-state index in [1.54, 1.807) is 0 Å². The average molecular weight is 521 g/mol. The van der Waals surface area contributed by atoms with Crippen LogP contribution in [0.1, 0.15) is 20.3 Å². The highest BCUT2D eigenvalue weighted by molar-refractivity contribution is 5.78. The highest BCUT2D eigenvalue weighted by Crippen LogP contribution is 2.37. The van der Waals surface area contributed by atoms with E-state index in [4.69, 9.17) is 0 Å². The number of hydrogen-bond acceptors (Lipinski definition) is 2. The molecule has 6 rings (SSSR count). The molecule has 2 nitrogen and oxygen atoms in total. The van der Waals surface area contributed by atoms with Gasteiger partial charge in [0.25, 0.3) is 0 Å². The van der Waals surface area contributed by atoms with Crippen LogP contribution in [0, 0.1) is 11.8 Å². The van der Waals surface area contributed by atoms with Crippen molar-refractivity contribution in [3.63, 3.8) is 0 Å². The second-order valence-corrected chi connectivity index (χ2v) is 10.7. The predicted octanol–water partition coefficient (Wildman–Crippen LogP) is 10.2. The molecule has 3 atom stereocenters. The molecule has 0 radical (unpaired) electrons. The van der Waals surface area contributed by atoms with Crippen LogP contribution >= 0.6 is 0 Å². The minimum absolute atomic E-state index is 0.303. The molecule has 0 heterocycles. The van der Waals surface area contributed by atoms with Gasteiger partial charge in [0, 0.05) is 28.4 Å². The van der Waals surface area contributed by atoms with Crippen LogP contribution in [0.2, 0.25) is 0 Å². The van der Waals surface area contributed by atoms with Gasteiger partial charge < -0.3 is 9.80 Å². The lowest BCUT2D eigenvalue weighted by Crippen LogP contribution is -2.40. The number of benzene rings is 4. The van der Waals surface area contributed by atoms with Gasteiger partial charge in [0.1, 0.15) is 0 Å². The van der Waals surface area contributed by atoms with Crippen LogP contribution in [0.5, 0.6) is 0 Å². The Balaban J connectivity index is 1.30. The van der Waals surface area contributed by atoms with E-state index in [1.165, 1.54) is 22.5 Å². The summed E-state index contributed by atoms with van der Waals surface area (Å²) in [6.07, 6.45) is 16.9. The van der Waals surface area contributed by atoms with Crippen molar-refractivity contribution in [3.8, 4) is 11.1 Å². The number of nitrogens with zero attached hydrogens (tertiary/aromatic N) is 2. The van der Waals surface area contributed by atoms with Gasteiger partial charge in [-0.3, -0.25) is 0 Å². The maximum Gasteiger partial charge on any atom is 0.0582 e. The van der Waals surface area contributed by atoms with Crippen LogP contribution in [0.25, 0.3) is 11.1 Å². The third-order valence-electron chi connectivity index (χ3n) is 7.98. The zero-order valence-electron chi connectivity index (χ0n) is 23.3. The second-order valence-electron chi connectivity index (χ2n) is 10.7. The summed E-state index contributed by atoms with van der Waals surface area (Å²) in [5, 5.41) is 0. The first-order valence-corrected chi connectivity index (χ1v) is 14.3. The van der Waals surface area contributed by atoms with Gasteiger partial charge in [-0.05, 0) is 84.0 Å². The Morgan fingerprint density at radius 3 is 1.62 bits per heavy atom. The summed E-state index contributed by atoms with van der Waals surface area (Å²) < 4.78 is 0. The highest BCUT2D eigenvalue weighted by atomic mass is 15.2. The summed E-state index contributed by atoms with van der Waals surface area (Å²) in [5.74, 6) is 0.925. The van der Waals surface area contributed by atoms with Crippen molar-refractivity contribution in [2.75, 3.05) is 9.80 Å². The molecular formula is C38H36N2. The van der Waals surface area contributed by atoms with Gasteiger partial charge >= 0.3 is 0 Å².